The second-order valence-corrected chi connectivity index (χ2v) is 5.89. The first kappa shape index (κ1) is 18.0. The zero-order chi connectivity index (χ0) is 16.5. The van der Waals surface area contributed by atoms with E-state index in [1.54, 1.807) is 7.11 Å². The second-order valence-electron chi connectivity index (χ2n) is 5.89. The van der Waals surface area contributed by atoms with Crippen molar-refractivity contribution in [1.29, 1.82) is 0 Å². The van der Waals surface area contributed by atoms with Gasteiger partial charge in [-0.1, -0.05) is 12.1 Å². The number of nitrogens with zero attached hydrogens (tertiary/aromatic N) is 2. The van der Waals surface area contributed by atoms with Gasteiger partial charge in [-0.3, -0.25) is 5.43 Å². The Morgan fingerprint density at radius 3 is 2.74 bits per heavy atom. The fourth-order valence-corrected chi connectivity index (χ4v) is 2.50. The summed E-state index contributed by atoms with van der Waals surface area (Å²) in [4.78, 5) is 2.16. The molecule has 1 aromatic rings. The van der Waals surface area contributed by atoms with E-state index in [1.807, 2.05) is 12.1 Å². The van der Waals surface area contributed by atoms with Crippen LogP contribution >= 0.6 is 0 Å². The highest BCUT2D eigenvalue weighted by Crippen LogP contribution is 2.31. The summed E-state index contributed by atoms with van der Waals surface area (Å²) >= 11 is 0. The van der Waals surface area contributed by atoms with Gasteiger partial charge in [0.25, 0.3) is 0 Å². The SMILES string of the molecule is COc1cccc(CNN2CCOCC2)c1OCCCN(C)C. The molecule has 1 heterocycles. The highest BCUT2D eigenvalue weighted by atomic mass is 16.5. The van der Waals surface area contributed by atoms with Gasteiger partial charge >= 0.3 is 0 Å². The summed E-state index contributed by atoms with van der Waals surface area (Å²) < 4.78 is 16.8. The highest BCUT2D eigenvalue weighted by Gasteiger charge is 2.14. The predicted octanol–water partition coefficient (Wildman–Crippen LogP) is 1.36. The number of benzene rings is 1. The van der Waals surface area contributed by atoms with Gasteiger partial charge in [-0.15, -0.1) is 0 Å². The molecule has 0 atom stereocenters. The topological polar surface area (TPSA) is 46.2 Å². The van der Waals surface area contributed by atoms with E-state index < -0.39 is 0 Å². The Morgan fingerprint density at radius 2 is 2.04 bits per heavy atom. The predicted molar refractivity (Wildman–Crippen MR) is 90.9 cm³/mol. The van der Waals surface area contributed by atoms with Crippen molar-refractivity contribution in [2.24, 2.45) is 0 Å². The van der Waals surface area contributed by atoms with E-state index in [0.717, 1.165) is 62.9 Å². The zero-order valence-electron chi connectivity index (χ0n) is 14.5. The summed E-state index contributed by atoms with van der Waals surface area (Å²) in [6.45, 7) is 5.78. The van der Waals surface area contributed by atoms with Crippen LogP contribution in [0.15, 0.2) is 18.2 Å². The molecule has 1 fully saturated rings. The molecule has 0 amide bonds. The Bertz CT molecular complexity index is 462. The summed E-state index contributed by atoms with van der Waals surface area (Å²) in [5.41, 5.74) is 4.56. The van der Waals surface area contributed by atoms with Crippen molar-refractivity contribution in [3.05, 3.63) is 23.8 Å². The molecule has 2 rings (SSSR count). The number of methoxy groups -OCH3 is 1. The van der Waals surface area contributed by atoms with Crippen molar-refractivity contribution < 1.29 is 14.2 Å². The quantitative estimate of drug-likeness (QED) is 0.693. The molecule has 23 heavy (non-hydrogen) atoms. The molecule has 130 valence electrons. The molecule has 6 heteroatoms. The molecule has 0 aromatic heterocycles. The van der Waals surface area contributed by atoms with Gasteiger partial charge in [0.05, 0.1) is 26.9 Å². The molecule has 6 nitrogen and oxygen atoms in total. The Kier molecular flexibility index (Phi) is 7.61. The van der Waals surface area contributed by atoms with E-state index in [4.69, 9.17) is 14.2 Å². The first-order valence-corrected chi connectivity index (χ1v) is 8.20. The van der Waals surface area contributed by atoms with Crippen LogP contribution in [0.4, 0.5) is 0 Å². The van der Waals surface area contributed by atoms with Crippen LogP contribution in [0.1, 0.15) is 12.0 Å². The third-order valence-corrected chi connectivity index (χ3v) is 3.78. The first-order chi connectivity index (χ1) is 11.2. The zero-order valence-corrected chi connectivity index (χ0v) is 14.5. The molecule has 0 aliphatic carbocycles. The third kappa shape index (κ3) is 5.99. The lowest BCUT2D eigenvalue weighted by Gasteiger charge is -2.27. The van der Waals surface area contributed by atoms with Crippen molar-refractivity contribution in [3.63, 3.8) is 0 Å². The monoisotopic (exact) mass is 323 g/mol. The maximum Gasteiger partial charge on any atom is 0.165 e. The minimum atomic E-state index is 0.684. The average Bonchev–Trinajstić information content (AvgIpc) is 2.58. The van der Waals surface area contributed by atoms with Crippen LogP contribution in [0.3, 0.4) is 0 Å². The first-order valence-electron chi connectivity index (χ1n) is 8.20. The van der Waals surface area contributed by atoms with Gasteiger partial charge in [0, 0.05) is 31.7 Å². The van der Waals surface area contributed by atoms with Crippen molar-refractivity contribution >= 4 is 0 Å². The number of hydrogen-bond donors (Lipinski definition) is 1. The Hall–Kier alpha value is -1.34. The summed E-state index contributed by atoms with van der Waals surface area (Å²) in [6.07, 6.45) is 0.987. The van der Waals surface area contributed by atoms with Gasteiger partial charge in [0.15, 0.2) is 11.5 Å². The minimum absolute atomic E-state index is 0.684. The summed E-state index contributed by atoms with van der Waals surface area (Å²) in [7, 11) is 5.82. The number of ether oxygens (including phenoxy) is 3. The van der Waals surface area contributed by atoms with Crippen LogP contribution in [0.5, 0.6) is 11.5 Å². The fraction of sp³-hybridized carbons (Fsp3) is 0.647. The lowest BCUT2D eigenvalue weighted by atomic mass is 10.2. The third-order valence-electron chi connectivity index (χ3n) is 3.78. The Labute approximate surface area is 139 Å². The molecule has 1 aromatic carbocycles. The molecule has 0 unspecified atom stereocenters. The van der Waals surface area contributed by atoms with E-state index in [9.17, 15) is 0 Å². The Morgan fingerprint density at radius 1 is 1.26 bits per heavy atom. The van der Waals surface area contributed by atoms with E-state index >= 15 is 0 Å². The van der Waals surface area contributed by atoms with Crippen LogP contribution in [0.25, 0.3) is 0 Å². The molecule has 1 aliphatic heterocycles. The van der Waals surface area contributed by atoms with E-state index in [1.165, 1.54) is 0 Å². The molecule has 0 spiro atoms. The van der Waals surface area contributed by atoms with Crippen molar-refractivity contribution in [2.75, 3.05) is 60.7 Å². The van der Waals surface area contributed by atoms with E-state index in [-0.39, 0.29) is 0 Å². The number of rotatable bonds is 9. The fourth-order valence-electron chi connectivity index (χ4n) is 2.50. The summed E-state index contributed by atoms with van der Waals surface area (Å²) in [5.74, 6) is 1.63. The highest BCUT2D eigenvalue weighted by molar-refractivity contribution is 5.46. The summed E-state index contributed by atoms with van der Waals surface area (Å²) in [5, 5.41) is 2.19. The van der Waals surface area contributed by atoms with Crippen molar-refractivity contribution in [2.45, 2.75) is 13.0 Å². The van der Waals surface area contributed by atoms with Crippen molar-refractivity contribution in [1.82, 2.24) is 15.3 Å². The molecule has 1 aliphatic rings. The molecule has 0 radical (unpaired) electrons. The molecule has 0 bridgehead atoms. The smallest absolute Gasteiger partial charge is 0.165 e. The van der Waals surface area contributed by atoms with Gasteiger partial charge in [0.2, 0.25) is 0 Å². The number of nitrogens with one attached hydrogen (secondary N) is 1. The molecule has 1 N–H and O–H groups in total. The summed E-state index contributed by atoms with van der Waals surface area (Å²) in [6, 6.07) is 6.03. The van der Waals surface area contributed by atoms with Gasteiger partial charge in [-0.25, -0.2) is 5.01 Å². The van der Waals surface area contributed by atoms with Crippen molar-refractivity contribution in [3.8, 4) is 11.5 Å². The van der Waals surface area contributed by atoms with Gasteiger partial charge in [-0.05, 0) is 26.6 Å². The molecule has 0 saturated carbocycles. The van der Waals surface area contributed by atoms with E-state index in [0.29, 0.717) is 6.61 Å². The lowest BCUT2D eigenvalue weighted by molar-refractivity contribution is 0.0104. The van der Waals surface area contributed by atoms with Crippen LogP contribution in [-0.4, -0.2) is 70.6 Å². The Balaban J connectivity index is 1.93. The maximum absolute atomic E-state index is 6.01. The number of morpholine rings is 1. The van der Waals surface area contributed by atoms with Gasteiger partial charge < -0.3 is 19.1 Å². The van der Waals surface area contributed by atoms with Crippen LogP contribution in [-0.2, 0) is 11.3 Å². The molecular formula is C17H29N3O3. The molecular weight excluding hydrogens is 294 g/mol. The second kappa shape index (κ2) is 9.72. The molecule has 1 saturated heterocycles. The van der Waals surface area contributed by atoms with Crippen LogP contribution in [0.2, 0.25) is 0 Å². The van der Waals surface area contributed by atoms with Crippen LogP contribution < -0.4 is 14.9 Å². The average molecular weight is 323 g/mol. The standard InChI is InChI=1S/C17H29N3O3/c1-19(2)8-5-11-23-17-15(6-4-7-16(17)21-3)14-18-20-9-12-22-13-10-20/h4,6-7,18H,5,8-14H2,1-3H3. The van der Waals surface area contributed by atoms with Gasteiger partial charge in [0.1, 0.15) is 0 Å². The number of hydrogen-bond acceptors (Lipinski definition) is 6. The van der Waals surface area contributed by atoms with Gasteiger partial charge in [-0.2, -0.15) is 0 Å². The van der Waals surface area contributed by atoms with E-state index in [2.05, 4.69) is 35.5 Å². The number of para-hydroxylation sites is 1. The minimum Gasteiger partial charge on any atom is -0.493 e. The number of hydrazine groups is 1. The van der Waals surface area contributed by atoms with Crippen LogP contribution in [0, 0.1) is 0 Å². The normalized spacial score (nSPS) is 15.8. The maximum atomic E-state index is 6.01. The lowest BCUT2D eigenvalue weighted by Crippen LogP contribution is -2.45. The largest absolute Gasteiger partial charge is 0.493 e.